The van der Waals surface area contributed by atoms with Crippen LogP contribution in [-0.2, 0) is 26.4 Å². The highest BCUT2D eigenvalue weighted by Crippen LogP contribution is 2.18. The maximum absolute atomic E-state index is 4.79. The minimum absolute atomic E-state index is 0. The van der Waals surface area contributed by atoms with Crippen molar-refractivity contribution in [1.29, 1.82) is 0 Å². The van der Waals surface area contributed by atoms with Crippen LogP contribution in [0.15, 0.2) is 17.4 Å². The molecule has 27 heavy (non-hydrogen) atoms. The standard InChI is InChI=1S/C19H32N6S.HI/c1-7-16-11-22-17(26-16)9-10-21-19(20-8-2)24(5)12-15-13-25(6)23-18(15)14(3)4;/h11,13-14H,7-10,12H2,1-6H3,(H,20,21);1H. The van der Waals surface area contributed by atoms with Crippen molar-refractivity contribution >= 4 is 41.3 Å². The van der Waals surface area contributed by atoms with Gasteiger partial charge in [0.25, 0.3) is 0 Å². The molecule has 8 heteroatoms. The SMILES string of the molecule is CCNC(=NCCc1ncc(CC)s1)N(C)Cc1cn(C)nc1C(C)C.I. The molecule has 0 atom stereocenters. The number of nitrogens with zero attached hydrogens (tertiary/aromatic N) is 5. The van der Waals surface area contributed by atoms with E-state index >= 15 is 0 Å². The van der Waals surface area contributed by atoms with E-state index in [4.69, 9.17) is 4.99 Å². The molecule has 0 saturated heterocycles. The van der Waals surface area contributed by atoms with Crippen LogP contribution < -0.4 is 5.32 Å². The average Bonchev–Trinajstić information content (AvgIpc) is 3.20. The minimum atomic E-state index is 0. The van der Waals surface area contributed by atoms with Crippen LogP contribution in [0.25, 0.3) is 0 Å². The fourth-order valence-corrected chi connectivity index (χ4v) is 3.70. The van der Waals surface area contributed by atoms with E-state index in [0.717, 1.165) is 44.1 Å². The van der Waals surface area contributed by atoms with Crippen LogP contribution in [-0.4, -0.2) is 45.8 Å². The first-order chi connectivity index (χ1) is 12.4. The summed E-state index contributed by atoms with van der Waals surface area (Å²) in [6.45, 7) is 11.0. The largest absolute Gasteiger partial charge is 0.357 e. The highest BCUT2D eigenvalue weighted by atomic mass is 127. The number of halogens is 1. The van der Waals surface area contributed by atoms with Gasteiger partial charge >= 0.3 is 0 Å². The van der Waals surface area contributed by atoms with Crippen LogP contribution in [0.4, 0.5) is 0 Å². The Labute approximate surface area is 184 Å². The van der Waals surface area contributed by atoms with Gasteiger partial charge in [-0.15, -0.1) is 35.3 Å². The predicted octanol–water partition coefficient (Wildman–Crippen LogP) is 3.82. The Morgan fingerprint density at radius 2 is 2.11 bits per heavy atom. The molecule has 2 rings (SSSR count). The molecule has 0 bridgehead atoms. The Kier molecular flexibility index (Phi) is 10.3. The third-order valence-electron chi connectivity index (χ3n) is 4.13. The molecule has 0 aliphatic rings. The summed E-state index contributed by atoms with van der Waals surface area (Å²) in [5, 5.41) is 9.16. The second-order valence-electron chi connectivity index (χ2n) is 6.78. The summed E-state index contributed by atoms with van der Waals surface area (Å²) < 4.78 is 1.90. The van der Waals surface area contributed by atoms with Gasteiger partial charge in [0, 0.05) is 63.0 Å². The van der Waals surface area contributed by atoms with Crippen molar-refractivity contribution in [2.24, 2.45) is 12.0 Å². The first kappa shape index (κ1) is 23.9. The number of guanidine groups is 1. The molecule has 2 heterocycles. The Balaban J connectivity index is 0.00000364. The summed E-state index contributed by atoms with van der Waals surface area (Å²) in [6.07, 6.45) is 6.03. The van der Waals surface area contributed by atoms with Crippen LogP contribution in [0.5, 0.6) is 0 Å². The molecule has 0 aliphatic carbocycles. The van der Waals surface area contributed by atoms with E-state index in [-0.39, 0.29) is 24.0 Å². The zero-order valence-corrected chi connectivity index (χ0v) is 20.5. The monoisotopic (exact) mass is 504 g/mol. The van der Waals surface area contributed by atoms with Crippen LogP contribution in [0.1, 0.15) is 54.8 Å². The van der Waals surface area contributed by atoms with E-state index in [1.165, 1.54) is 15.4 Å². The Bertz CT molecular complexity index is 722. The van der Waals surface area contributed by atoms with E-state index in [1.807, 2.05) is 17.9 Å². The molecule has 1 N–H and O–H groups in total. The molecule has 0 amide bonds. The van der Waals surface area contributed by atoms with Gasteiger partial charge in [0.1, 0.15) is 0 Å². The summed E-state index contributed by atoms with van der Waals surface area (Å²) in [5.41, 5.74) is 2.41. The maximum Gasteiger partial charge on any atom is 0.193 e. The average molecular weight is 504 g/mol. The zero-order chi connectivity index (χ0) is 19.1. The van der Waals surface area contributed by atoms with Gasteiger partial charge in [-0.2, -0.15) is 5.10 Å². The normalized spacial score (nSPS) is 11.6. The molecule has 0 unspecified atom stereocenters. The van der Waals surface area contributed by atoms with Gasteiger partial charge in [-0.3, -0.25) is 9.67 Å². The molecular weight excluding hydrogens is 471 g/mol. The van der Waals surface area contributed by atoms with Gasteiger partial charge in [-0.1, -0.05) is 20.8 Å². The molecular formula is C19H33IN6S. The van der Waals surface area contributed by atoms with Gasteiger partial charge < -0.3 is 10.2 Å². The number of aromatic nitrogens is 3. The van der Waals surface area contributed by atoms with Gasteiger partial charge in [0.15, 0.2) is 5.96 Å². The molecule has 2 aromatic rings. The molecule has 0 aliphatic heterocycles. The highest BCUT2D eigenvalue weighted by Gasteiger charge is 2.15. The van der Waals surface area contributed by atoms with Crippen molar-refractivity contribution in [3.63, 3.8) is 0 Å². The van der Waals surface area contributed by atoms with Gasteiger partial charge in [0.05, 0.1) is 10.7 Å². The highest BCUT2D eigenvalue weighted by molar-refractivity contribution is 14.0. The van der Waals surface area contributed by atoms with E-state index in [2.05, 4.69) is 61.2 Å². The maximum atomic E-state index is 4.79. The van der Waals surface area contributed by atoms with Crippen molar-refractivity contribution in [2.75, 3.05) is 20.1 Å². The first-order valence-electron chi connectivity index (χ1n) is 9.40. The van der Waals surface area contributed by atoms with Gasteiger partial charge in [-0.05, 0) is 19.3 Å². The molecule has 0 fully saturated rings. The van der Waals surface area contributed by atoms with Crippen molar-refractivity contribution in [2.45, 2.75) is 53.0 Å². The van der Waals surface area contributed by atoms with E-state index in [0.29, 0.717) is 5.92 Å². The molecule has 0 saturated carbocycles. The number of hydrogen-bond donors (Lipinski definition) is 1. The Morgan fingerprint density at radius 3 is 2.70 bits per heavy atom. The smallest absolute Gasteiger partial charge is 0.193 e. The number of thiazole rings is 1. The van der Waals surface area contributed by atoms with Gasteiger partial charge in [-0.25, -0.2) is 4.98 Å². The number of aryl methyl sites for hydroxylation is 2. The van der Waals surface area contributed by atoms with E-state index in [1.54, 1.807) is 11.3 Å². The van der Waals surface area contributed by atoms with Crippen LogP contribution in [0.2, 0.25) is 0 Å². The number of nitrogens with one attached hydrogen (secondary N) is 1. The van der Waals surface area contributed by atoms with Crippen LogP contribution in [0, 0.1) is 0 Å². The summed E-state index contributed by atoms with van der Waals surface area (Å²) >= 11 is 1.79. The summed E-state index contributed by atoms with van der Waals surface area (Å²) in [5.74, 6) is 1.34. The second kappa shape index (κ2) is 11.6. The van der Waals surface area contributed by atoms with Crippen LogP contribution >= 0.6 is 35.3 Å². The van der Waals surface area contributed by atoms with Crippen molar-refractivity contribution in [3.05, 3.63) is 33.5 Å². The van der Waals surface area contributed by atoms with E-state index < -0.39 is 0 Å². The van der Waals surface area contributed by atoms with Crippen molar-refractivity contribution in [3.8, 4) is 0 Å². The third kappa shape index (κ3) is 7.06. The third-order valence-corrected chi connectivity index (χ3v) is 5.33. The van der Waals surface area contributed by atoms with Crippen molar-refractivity contribution < 1.29 is 0 Å². The number of rotatable bonds is 8. The van der Waals surface area contributed by atoms with Crippen LogP contribution in [0.3, 0.4) is 0 Å². The first-order valence-corrected chi connectivity index (χ1v) is 10.2. The number of aliphatic imine (C=N–C) groups is 1. The quantitative estimate of drug-likeness (QED) is 0.338. The molecule has 6 nitrogen and oxygen atoms in total. The van der Waals surface area contributed by atoms with Gasteiger partial charge in [0.2, 0.25) is 0 Å². The Hall–Kier alpha value is -1.16. The summed E-state index contributed by atoms with van der Waals surface area (Å²) in [6, 6.07) is 0. The second-order valence-corrected chi connectivity index (χ2v) is 7.98. The molecule has 152 valence electrons. The molecule has 0 radical (unpaired) electrons. The predicted molar refractivity (Wildman–Crippen MR) is 125 cm³/mol. The van der Waals surface area contributed by atoms with Crippen molar-refractivity contribution in [1.82, 2.24) is 25.0 Å². The Morgan fingerprint density at radius 1 is 1.37 bits per heavy atom. The minimum Gasteiger partial charge on any atom is -0.357 e. The zero-order valence-electron chi connectivity index (χ0n) is 17.3. The fourth-order valence-electron chi connectivity index (χ4n) is 2.85. The van der Waals surface area contributed by atoms with E-state index in [9.17, 15) is 0 Å². The lowest BCUT2D eigenvalue weighted by atomic mass is 10.1. The lowest BCUT2D eigenvalue weighted by molar-refractivity contribution is 0.473. The topological polar surface area (TPSA) is 58.3 Å². The summed E-state index contributed by atoms with van der Waals surface area (Å²) in [7, 11) is 4.06. The number of hydrogen-bond acceptors (Lipinski definition) is 4. The molecule has 2 aromatic heterocycles. The lowest BCUT2D eigenvalue weighted by Crippen LogP contribution is -2.38. The molecule has 0 spiro atoms. The fraction of sp³-hybridized carbons (Fsp3) is 0.632. The molecule has 0 aromatic carbocycles. The summed E-state index contributed by atoms with van der Waals surface area (Å²) in [4.78, 5) is 12.8. The lowest BCUT2D eigenvalue weighted by Gasteiger charge is -2.22.